The van der Waals surface area contributed by atoms with E-state index < -0.39 is 5.97 Å². The van der Waals surface area contributed by atoms with Gasteiger partial charge in [-0.15, -0.1) is 0 Å². The maximum absolute atomic E-state index is 10.8. The van der Waals surface area contributed by atoms with E-state index in [2.05, 4.69) is 5.32 Å². The molecule has 0 spiro atoms. The number of hydrogen-bond donors (Lipinski definition) is 2. The Labute approximate surface area is 111 Å². The molecule has 1 aliphatic heterocycles. The zero-order chi connectivity index (χ0) is 13.7. The molecule has 0 saturated carbocycles. The molecule has 1 aromatic rings. The Morgan fingerprint density at radius 2 is 2.11 bits per heavy atom. The molecule has 5 nitrogen and oxygen atoms in total. The third-order valence-corrected chi connectivity index (χ3v) is 2.85. The van der Waals surface area contributed by atoms with Gasteiger partial charge in [-0.05, 0) is 18.6 Å². The molecule has 1 aliphatic rings. The van der Waals surface area contributed by atoms with Gasteiger partial charge in [0.2, 0.25) is 0 Å². The highest BCUT2D eigenvalue weighted by Gasteiger charge is 2.11. The summed E-state index contributed by atoms with van der Waals surface area (Å²) in [5, 5.41) is 12.0. The lowest BCUT2D eigenvalue weighted by Gasteiger charge is -2.19. The van der Waals surface area contributed by atoms with Gasteiger partial charge in [-0.1, -0.05) is 13.0 Å². The van der Waals surface area contributed by atoms with Crippen LogP contribution >= 0.6 is 0 Å². The van der Waals surface area contributed by atoms with E-state index in [1.807, 2.05) is 25.1 Å². The number of anilines is 1. The van der Waals surface area contributed by atoms with Crippen LogP contribution in [0, 0.1) is 0 Å². The number of carboxylic acid groups (broad SMARTS) is 1. The van der Waals surface area contributed by atoms with E-state index in [1.54, 1.807) is 6.08 Å². The number of hydrogen-bond acceptors (Lipinski definition) is 4. The van der Waals surface area contributed by atoms with Gasteiger partial charge >= 0.3 is 5.97 Å². The molecule has 102 valence electrons. The Kier molecular flexibility index (Phi) is 4.28. The highest BCUT2D eigenvalue weighted by atomic mass is 16.6. The summed E-state index contributed by atoms with van der Waals surface area (Å²) in [6.07, 6.45) is 2.19. The van der Waals surface area contributed by atoms with Crippen molar-refractivity contribution in [2.24, 2.45) is 0 Å². The topological polar surface area (TPSA) is 67.8 Å². The van der Waals surface area contributed by atoms with Crippen molar-refractivity contribution in [2.75, 3.05) is 25.1 Å². The molecule has 5 heteroatoms. The highest BCUT2D eigenvalue weighted by Crippen LogP contribution is 2.32. The molecule has 19 heavy (non-hydrogen) atoms. The van der Waals surface area contributed by atoms with Crippen LogP contribution in [0.1, 0.15) is 13.3 Å². The van der Waals surface area contributed by atoms with Crippen molar-refractivity contribution in [3.8, 4) is 11.5 Å². The minimum Gasteiger partial charge on any atom is -0.486 e. The van der Waals surface area contributed by atoms with E-state index in [1.165, 1.54) is 0 Å². The van der Waals surface area contributed by atoms with Crippen molar-refractivity contribution >= 4 is 11.7 Å². The van der Waals surface area contributed by atoms with Gasteiger partial charge in [0.25, 0.3) is 0 Å². The fourth-order valence-corrected chi connectivity index (χ4v) is 1.83. The molecule has 1 aromatic carbocycles. The molecular weight excluding hydrogens is 246 g/mol. The summed E-state index contributed by atoms with van der Waals surface area (Å²) in [6, 6.07) is 5.58. The van der Waals surface area contributed by atoms with Crippen molar-refractivity contribution in [2.45, 2.75) is 13.3 Å². The molecule has 2 N–H and O–H groups in total. The number of carboxylic acids is 1. The second-order valence-corrected chi connectivity index (χ2v) is 4.13. The Morgan fingerprint density at radius 1 is 1.37 bits per heavy atom. The maximum atomic E-state index is 10.8. The summed E-state index contributed by atoms with van der Waals surface area (Å²) in [4.78, 5) is 10.8. The Balaban J connectivity index is 1.98. The SMILES string of the molecule is CC/C(=C/CNc1ccc2c(c1)OCCO2)C(=O)O. The normalized spacial score (nSPS) is 14.1. The molecule has 1 heterocycles. The number of aliphatic carboxylic acids is 1. The monoisotopic (exact) mass is 263 g/mol. The lowest BCUT2D eigenvalue weighted by molar-refractivity contribution is -0.132. The molecular formula is C14H17NO4. The average molecular weight is 263 g/mol. The smallest absolute Gasteiger partial charge is 0.331 e. The van der Waals surface area contributed by atoms with Crippen LogP contribution in [0.4, 0.5) is 5.69 Å². The van der Waals surface area contributed by atoms with Crippen molar-refractivity contribution in [1.29, 1.82) is 0 Å². The van der Waals surface area contributed by atoms with E-state index in [0.717, 1.165) is 11.4 Å². The summed E-state index contributed by atoms with van der Waals surface area (Å²) in [5.74, 6) is 0.591. The van der Waals surface area contributed by atoms with Gasteiger partial charge in [0.1, 0.15) is 13.2 Å². The summed E-state index contributed by atoms with van der Waals surface area (Å²) in [6.45, 7) is 3.41. The van der Waals surface area contributed by atoms with Gasteiger partial charge in [0, 0.05) is 23.9 Å². The Morgan fingerprint density at radius 3 is 2.79 bits per heavy atom. The fourth-order valence-electron chi connectivity index (χ4n) is 1.83. The minimum absolute atomic E-state index is 0.407. The van der Waals surface area contributed by atoms with Gasteiger partial charge in [-0.3, -0.25) is 0 Å². The van der Waals surface area contributed by atoms with Crippen LogP contribution < -0.4 is 14.8 Å². The molecule has 0 fully saturated rings. The highest BCUT2D eigenvalue weighted by molar-refractivity contribution is 5.86. The van der Waals surface area contributed by atoms with Gasteiger partial charge < -0.3 is 19.9 Å². The molecule has 0 saturated heterocycles. The molecule has 0 aromatic heterocycles. The number of carbonyl (C=O) groups is 1. The van der Waals surface area contributed by atoms with Crippen molar-refractivity contribution in [3.63, 3.8) is 0 Å². The van der Waals surface area contributed by atoms with Gasteiger partial charge in [-0.25, -0.2) is 4.79 Å². The van der Waals surface area contributed by atoms with Crippen LogP contribution in [0.15, 0.2) is 29.8 Å². The Hall–Kier alpha value is -2.17. The zero-order valence-corrected chi connectivity index (χ0v) is 10.8. The van der Waals surface area contributed by atoms with Crippen LogP contribution in [-0.2, 0) is 4.79 Å². The van der Waals surface area contributed by atoms with Crippen LogP contribution in [-0.4, -0.2) is 30.8 Å². The number of benzene rings is 1. The molecule has 0 aliphatic carbocycles. The summed E-state index contributed by atoms with van der Waals surface area (Å²) in [5.41, 5.74) is 1.28. The summed E-state index contributed by atoms with van der Waals surface area (Å²) in [7, 11) is 0. The largest absolute Gasteiger partial charge is 0.486 e. The first-order valence-corrected chi connectivity index (χ1v) is 6.26. The van der Waals surface area contributed by atoms with Crippen LogP contribution in [0.5, 0.6) is 11.5 Å². The second-order valence-electron chi connectivity index (χ2n) is 4.13. The van der Waals surface area contributed by atoms with Crippen molar-refractivity contribution < 1.29 is 19.4 Å². The summed E-state index contributed by atoms with van der Waals surface area (Å²) < 4.78 is 10.9. The quantitative estimate of drug-likeness (QED) is 0.798. The van der Waals surface area contributed by atoms with E-state index in [0.29, 0.717) is 37.5 Å². The molecule has 0 bridgehead atoms. The van der Waals surface area contributed by atoms with Crippen molar-refractivity contribution in [3.05, 3.63) is 29.8 Å². The third-order valence-electron chi connectivity index (χ3n) is 2.85. The van der Waals surface area contributed by atoms with Crippen LogP contribution in [0.2, 0.25) is 0 Å². The third kappa shape index (κ3) is 3.40. The van der Waals surface area contributed by atoms with Crippen LogP contribution in [0.25, 0.3) is 0 Å². The number of nitrogens with one attached hydrogen (secondary N) is 1. The molecule has 0 radical (unpaired) electrons. The lowest BCUT2D eigenvalue weighted by atomic mass is 10.2. The lowest BCUT2D eigenvalue weighted by Crippen LogP contribution is -2.15. The standard InChI is InChI=1S/C14H17NO4/c1-2-10(14(16)17)5-6-15-11-3-4-12-13(9-11)19-8-7-18-12/h3-5,9,15H,2,6-8H2,1H3,(H,16,17)/b10-5-. The van der Waals surface area contributed by atoms with E-state index >= 15 is 0 Å². The number of fused-ring (bicyclic) bond motifs is 1. The number of ether oxygens (including phenoxy) is 2. The zero-order valence-electron chi connectivity index (χ0n) is 10.8. The first kappa shape index (κ1) is 13.3. The fraction of sp³-hybridized carbons (Fsp3) is 0.357. The van der Waals surface area contributed by atoms with Gasteiger partial charge in [0.05, 0.1) is 0 Å². The van der Waals surface area contributed by atoms with E-state index in [4.69, 9.17) is 14.6 Å². The molecule has 2 rings (SSSR count). The van der Waals surface area contributed by atoms with Crippen LogP contribution in [0.3, 0.4) is 0 Å². The van der Waals surface area contributed by atoms with E-state index in [9.17, 15) is 4.79 Å². The van der Waals surface area contributed by atoms with Gasteiger partial charge in [-0.2, -0.15) is 0 Å². The molecule has 0 unspecified atom stereocenters. The summed E-state index contributed by atoms with van der Waals surface area (Å²) >= 11 is 0. The average Bonchev–Trinajstić information content (AvgIpc) is 2.43. The molecule has 0 amide bonds. The van der Waals surface area contributed by atoms with E-state index in [-0.39, 0.29) is 0 Å². The maximum Gasteiger partial charge on any atom is 0.331 e. The molecule has 0 atom stereocenters. The first-order valence-electron chi connectivity index (χ1n) is 6.26. The number of rotatable bonds is 5. The van der Waals surface area contributed by atoms with Crippen molar-refractivity contribution in [1.82, 2.24) is 0 Å². The Bertz CT molecular complexity index is 496. The predicted octanol–water partition coefficient (Wildman–Crippen LogP) is 2.29. The minimum atomic E-state index is -0.869. The van der Waals surface area contributed by atoms with Gasteiger partial charge in [0.15, 0.2) is 11.5 Å². The second kappa shape index (κ2) is 6.13. The first-order chi connectivity index (χ1) is 9.20. The predicted molar refractivity (Wildman–Crippen MR) is 71.9 cm³/mol.